The quantitative estimate of drug-likeness (QED) is 0.828. The summed E-state index contributed by atoms with van der Waals surface area (Å²) < 4.78 is 0. The van der Waals surface area contributed by atoms with E-state index in [2.05, 4.69) is 17.1 Å². The van der Waals surface area contributed by atoms with Gasteiger partial charge in [0.1, 0.15) is 0 Å². The van der Waals surface area contributed by atoms with Crippen LogP contribution in [0.15, 0.2) is 18.2 Å². The van der Waals surface area contributed by atoms with Crippen LogP contribution in [0.3, 0.4) is 0 Å². The lowest BCUT2D eigenvalue weighted by atomic mass is 10.1. The Kier molecular flexibility index (Phi) is 5.01. The Balaban J connectivity index is 1.86. The molecular weight excluding hydrogens is 250 g/mol. The molecule has 0 aromatic heterocycles. The summed E-state index contributed by atoms with van der Waals surface area (Å²) >= 11 is 0. The van der Waals surface area contributed by atoms with Crippen molar-refractivity contribution in [1.82, 2.24) is 10.2 Å². The molecule has 1 fully saturated rings. The Morgan fingerprint density at radius 2 is 2.05 bits per heavy atom. The topological polar surface area (TPSA) is 58.4 Å². The van der Waals surface area contributed by atoms with Crippen molar-refractivity contribution in [2.24, 2.45) is 0 Å². The van der Waals surface area contributed by atoms with Crippen molar-refractivity contribution < 1.29 is 4.79 Å². The Morgan fingerprint density at radius 1 is 1.35 bits per heavy atom. The van der Waals surface area contributed by atoms with E-state index in [4.69, 9.17) is 5.73 Å². The lowest BCUT2D eigenvalue weighted by molar-refractivity contribution is 0.0930. The van der Waals surface area contributed by atoms with Gasteiger partial charge in [-0.15, -0.1) is 0 Å². The second-order valence-electron chi connectivity index (χ2n) is 5.73. The molecule has 1 aliphatic rings. The van der Waals surface area contributed by atoms with Gasteiger partial charge in [-0.25, -0.2) is 0 Å². The number of likely N-dealkylation sites (tertiary alicyclic amines) is 1. The zero-order valence-electron chi connectivity index (χ0n) is 12.5. The number of nitrogens with zero attached hydrogens (tertiary/aromatic N) is 1. The van der Waals surface area contributed by atoms with Crippen LogP contribution in [0.4, 0.5) is 5.69 Å². The lowest BCUT2D eigenvalue weighted by Crippen LogP contribution is -2.44. The van der Waals surface area contributed by atoms with E-state index in [0.717, 1.165) is 18.7 Å². The minimum Gasteiger partial charge on any atom is -0.398 e. The maximum Gasteiger partial charge on any atom is 0.251 e. The molecule has 0 bridgehead atoms. The predicted molar refractivity (Wildman–Crippen MR) is 82.8 cm³/mol. The van der Waals surface area contributed by atoms with E-state index in [-0.39, 0.29) is 5.91 Å². The summed E-state index contributed by atoms with van der Waals surface area (Å²) in [7, 11) is 0. The Labute approximate surface area is 121 Å². The number of hydrogen-bond donors (Lipinski definition) is 2. The van der Waals surface area contributed by atoms with Gasteiger partial charge in [-0.1, -0.05) is 12.5 Å². The van der Waals surface area contributed by atoms with Gasteiger partial charge in [-0.2, -0.15) is 0 Å². The molecule has 4 heteroatoms. The fourth-order valence-corrected chi connectivity index (χ4v) is 2.61. The monoisotopic (exact) mass is 275 g/mol. The number of benzene rings is 1. The van der Waals surface area contributed by atoms with Crippen LogP contribution in [-0.4, -0.2) is 36.5 Å². The molecule has 3 N–H and O–H groups in total. The molecule has 1 aromatic carbocycles. The molecule has 0 radical (unpaired) electrons. The standard InChI is InChI=1S/C16H25N3O/c1-12-6-7-14(10-15(12)17)16(20)18-11-13(2)19-8-4-3-5-9-19/h6-7,10,13H,3-5,8-9,11,17H2,1-2H3,(H,18,20). The van der Waals surface area contributed by atoms with Crippen LogP contribution in [0.25, 0.3) is 0 Å². The summed E-state index contributed by atoms with van der Waals surface area (Å²) in [4.78, 5) is 14.6. The van der Waals surface area contributed by atoms with Crippen LogP contribution < -0.4 is 11.1 Å². The molecule has 1 unspecified atom stereocenters. The van der Waals surface area contributed by atoms with E-state index in [1.54, 1.807) is 6.07 Å². The third-order valence-electron chi connectivity index (χ3n) is 4.11. The number of nitrogen functional groups attached to an aromatic ring is 1. The van der Waals surface area contributed by atoms with Crippen molar-refractivity contribution >= 4 is 11.6 Å². The summed E-state index contributed by atoms with van der Waals surface area (Å²) in [5.74, 6) is -0.0411. The molecule has 1 atom stereocenters. The summed E-state index contributed by atoms with van der Waals surface area (Å²) in [6.07, 6.45) is 3.87. The molecule has 1 aliphatic heterocycles. The number of aryl methyl sites for hydroxylation is 1. The third kappa shape index (κ3) is 3.73. The molecule has 1 aromatic rings. The highest BCUT2D eigenvalue weighted by atomic mass is 16.1. The SMILES string of the molecule is Cc1ccc(C(=O)NCC(C)N2CCCCC2)cc1N. The van der Waals surface area contributed by atoms with Crippen LogP contribution in [0, 0.1) is 6.92 Å². The highest BCUT2D eigenvalue weighted by Gasteiger charge is 2.17. The average Bonchev–Trinajstić information content (AvgIpc) is 2.48. The molecule has 0 aliphatic carbocycles. The van der Waals surface area contributed by atoms with Crippen LogP contribution in [-0.2, 0) is 0 Å². The first-order valence-corrected chi connectivity index (χ1v) is 7.46. The Morgan fingerprint density at radius 3 is 2.70 bits per heavy atom. The largest absolute Gasteiger partial charge is 0.398 e. The van der Waals surface area contributed by atoms with Crippen molar-refractivity contribution in [3.63, 3.8) is 0 Å². The van der Waals surface area contributed by atoms with Crippen molar-refractivity contribution in [3.05, 3.63) is 29.3 Å². The zero-order valence-corrected chi connectivity index (χ0v) is 12.5. The predicted octanol–water partition coefficient (Wildman–Crippen LogP) is 2.18. The zero-order chi connectivity index (χ0) is 14.5. The van der Waals surface area contributed by atoms with E-state index in [1.807, 2.05) is 19.1 Å². The number of hydrogen-bond acceptors (Lipinski definition) is 3. The minimum atomic E-state index is -0.0411. The van der Waals surface area contributed by atoms with E-state index >= 15 is 0 Å². The van der Waals surface area contributed by atoms with Crippen LogP contribution >= 0.6 is 0 Å². The van der Waals surface area contributed by atoms with Gasteiger partial charge in [-0.3, -0.25) is 9.69 Å². The average molecular weight is 275 g/mol. The molecule has 2 rings (SSSR count). The number of nitrogens with two attached hydrogens (primary N) is 1. The van der Waals surface area contributed by atoms with Gasteiger partial charge in [0.2, 0.25) is 0 Å². The van der Waals surface area contributed by atoms with Gasteiger partial charge < -0.3 is 11.1 Å². The number of anilines is 1. The van der Waals surface area contributed by atoms with Gasteiger partial charge in [-0.05, 0) is 57.5 Å². The number of carbonyl (C=O) groups excluding carboxylic acids is 1. The summed E-state index contributed by atoms with van der Waals surface area (Å²) in [5.41, 5.74) is 8.15. The fourth-order valence-electron chi connectivity index (χ4n) is 2.61. The first kappa shape index (κ1) is 14.9. The van der Waals surface area contributed by atoms with Gasteiger partial charge >= 0.3 is 0 Å². The highest BCUT2D eigenvalue weighted by molar-refractivity contribution is 5.95. The maximum atomic E-state index is 12.1. The molecular formula is C16H25N3O. The van der Waals surface area contributed by atoms with Crippen molar-refractivity contribution in [3.8, 4) is 0 Å². The molecule has 20 heavy (non-hydrogen) atoms. The second kappa shape index (κ2) is 6.75. The minimum absolute atomic E-state index is 0.0411. The van der Waals surface area contributed by atoms with Crippen molar-refractivity contribution in [1.29, 1.82) is 0 Å². The molecule has 0 spiro atoms. The Hall–Kier alpha value is -1.55. The highest BCUT2D eigenvalue weighted by Crippen LogP contribution is 2.14. The number of nitrogens with one attached hydrogen (secondary N) is 1. The summed E-state index contributed by atoms with van der Waals surface area (Å²) in [6.45, 7) is 7.10. The molecule has 110 valence electrons. The van der Waals surface area contributed by atoms with E-state index in [1.165, 1.54) is 19.3 Å². The third-order valence-corrected chi connectivity index (χ3v) is 4.11. The first-order chi connectivity index (χ1) is 9.58. The normalized spacial score (nSPS) is 17.7. The summed E-state index contributed by atoms with van der Waals surface area (Å²) in [6, 6.07) is 5.85. The van der Waals surface area contributed by atoms with Crippen LogP contribution in [0.1, 0.15) is 42.1 Å². The smallest absolute Gasteiger partial charge is 0.251 e. The van der Waals surface area contributed by atoms with Crippen molar-refractivity contribution in [2.45, 2.75) is 39.2 Å². The number of rotatable bonds is 4. The fraction of sp³-hybridized carbons (Fsp3) is 0.562. The number of piperidine rings is 1. The maximum absolute atomic E-state index is 12.1. The molecule has 1 saturated heterocycles. The molecule has 0 saturated carbocycles. The van der Waals surface area contributed by atoms with E-state index in [9.17, 15) is 4.79 Å². The molecule has 4 nitrogen and oxygen atoms in total. The Bertz CT molecular complexity index is 467. The van der Waals surface area contributed by atoms with E-state index < -0.39 is 0 Å². The van der Waals surface area contributed by atoms with E-state index in [0.29, 0.717) is 23.8 Å². The summed E-state index contributed by atoms with van der Waals surface area (Å²) in [5, 5.41) is 3.01. The molecule has 1 amide bonds. The van der Waals surface area contributed by atoms with Gasteiger partial charge in [0.25, 0.3) is 5.91 Å². The lowest BCUT2D eigenvalue weighted by Gasteiger charge is -2.32. The number of carbonyl (C=O) groups is 1. The van der Waals surface area contributed by atoms with Crippen LogP contribution in [0.2, 0.25) is 0 Å². The van der Waals surface area contributed by atoms with Gasteiger partial charge in [0.05, 0.1) is 0 Å². The van der Waals surface area contributed by atoms with Gasteiger partial charge in [0, 0.05) is 23.8 Å². The van der Waals surface area contributed by atoms with Crippen LogP contribution in [0.5, 0.6) is 0 Å². The van der Waals surface area contributed by atoms with Gasteiger partial charge in [0.15, 0.2) is 0 Å². The van der Waals surface area contributed by atoms with Crippen molar-refractivity contribution in [2.75, 3.05) is 25.4 Å². The number of amides is 1. The first-order valence-electron chi connectivity index (χ1n) is 7.46. The second-order valence-corrected chi connectivity index (χ2v) is 5.73. The molecule has 1 heterocycles.